The first-order valence-electron chi connectivity index (χ1n) is 8.53. The van der Waals surface area contributed by atoms with Crippen LogP contribution in [0.3, 0.4) is 0 Å². The molecular formula is C20H24Cl2N2O2. The van der Waals surface area contributed by atoms with Crippen LogP contribution in [0, 0.1) is 5.92 Å². The predicted octanol–water partition coefficient (Wildman–Crippen LogP) is 4.10. The molecule has 1 fully saturated rings. The van der Waals surface area contributed by atoms with Crippen LogP contribution >= 0.6 is 24.0 Å². The molecule has 0 heterocycles. The van der Waals surface area contributed by atoms with E-state index in [4.69, 9.17) is 22.1 Å². The number of carbonyl (C=O) groups is 1. The minimum absolute atomic E-state index is 0. The largest absolute Gasteiger partial charge is 0.497 e. The quantitative estimate of drug-likeness (QED) is 0.801. The van der Waals surface area contributed by atoms with E-state index in [0.717, 1.165) is 36.1 Å². The zero-order valence-electron chi connectivity index (χ0n) is 14.7. The zero-order valence-corrected chi connectivity index (χ0v) is 16.2. The summed E-state index contributed by atoms with van der Waals surface area (Å²) in [7, 11) is 1.63. The molecule has 4 nitrogen and oxygen atoms in total. The van der Waals surface area contributed by atoms with Gasteiger partial charge in [0.25, 0.3) is 0 Å². The van der Waals surface area contributed by atoms with Crippen LogP contribution in [0.2, 0.25) is 5.02 Å². The summed E-state index contributed by atoms with van der Waals surface area (Å²) in [5.74, 6) is 0.734. The van der Waals surface area contributed by atoms with Gasteiger partial charge < -0.3 is 15.8 Å². The van der Waals surface area contributed by atoms with Crippen molar-refractivity contribution in [3.8, 4) is 5.75 Å². The topological polar surface area (TPSA) is 64.3 Å². The third-order valence-electron chi connectivity index (χ3n) is 4.77. The van der Waals surface area contributed by atoms with E-state index in [1.54, 1.807) is 7.11 Å². The van der Waals surface area contributed by atoms with Gasteiger partial charge in [-0.05, 0) is 48.6 Å². The first kappa shape index (κ1) is 20.6. The maximum atomic E-state index is 12.8. The van der Waals surface area contributed by atoms with Crippen molar-refractivity contribution >= 4 is 29.9 Å². The van der Waals surface area contributed by atoms with Gasteiger partial charge in [0.2, 0.25) is 5.91 Å². The summed E-state index contributed by atoms with van der Waals surface area (Å²) < 4.78 is 5.33. The minimum Gasteiger partial charge on any atom is -0.497 e. The molecule has 3 unspecified atom stereocenters. The van der Waals surface area contributed by atoms with E-state index in [-0.39, 0.29) is 36.3 Å². The van der Waals surface area contributed by atoms with E-state index in [2.05, 4.69) is 5.32 Å². The molecule has 3 N–H and O–H groups in total. The normalized spacial score (nSPS) is 20.1. The fourth-order valence-corrected chi connectivity index (χ4v) is 3.63. The third-order valence-corrected chi connectivity index (χ3v) is 5.12. The smallest absolute Gasteiger partial charge is 0.223 e. The highest BCUT2D eigenvalue weighted by Crippen LogP contribution is 2.32. The van der Waals surface area contributed by atoms with E-state index >= 15 is 0 Å². The summed E-state index contributed by atoms with van der Waals surface area (Å²) in [6.07, 6.45) is 2.47. The second kappa shape index (κ2) is 9.26. The van der Waals surface area contributed by atoms with Crippen LogP contribution in [0.1, 0.15) is 36.4 Å². The molecule has 1 aliphatic rings. The second-order valence-electron chi connectivity index (χ2n) is 6.51. The molecule has 0 spiro atoms. The Kier molecular flexibility index (Phi) is 7.33. The molecule has 6 heteroatoms. The monoisotopic (exact) mass is 394 g/mol. The summed E-state index contributed by atoms with van der Waals surface area (Å²) in [6, 6.07) is 15.1. The molecule has 2 aromatic carbocycles. The van der Waals surface area contributed by atoms with Crippen LogP contribution in [0.4, 0.5) is 0 Å². The first-order chi connectivity index (χ1) is 12.1. The number of hydrogen-bond acceptors (Lipinski definition) is 3. The van der Waals surface area contributed by atoms with Crippen LogP contribution in [0.25, 0.3) is 0 Å². The van der Waals surface area contributed by atoms with E-state index in [0.29, 0.717) is 5.02 Å². The molecular weight excluding hydrogens is 371 g/mol. The van der Waals surface area contributed by atoms with E-state index < -0.39 is 0 Å². The number of amides is 1. The maximum Gasteiger partial charge on any atom is 0.223 e. The van der Waals surface area contributed by atoms with Crippen molar-refractivity contribution in [2.24, 2.45) is 11.7 Å². The number of nitrogens with two attached hydrogens (primary N) is 1. The third kappa shape index (κ3) is 4.70. The van der Waals surface area contributed by atoms with Gasteiger partial charge in [0.1, 0.15) is 5.75 Å². The predicted molar refractivity (Wildman–Crippen MR) is 107 cm³/mol. The summed E-state index contributed by atoms with van der Waals surface area (Å²) >= 11 is 6.41. The number of benzene rings is 2. The first-order valence-corrected chi connectivity index (χ1v) is 8.90. The molecule has 0 bridgehead atoms. The summed E-state index contributed by atoms with van der Waals surface area (Å²) in [5, 5.41) is 3.79. The molecule has 26 heavy (non-hydrogen) atoms. The highest BCUT2D eigenvalue weighted by Gasteiger charge is 2.30. The van der Waals surface area contributed by atoms with Gasteiger partial charge in [-0.1, -0.05) is 41.9 Å². The lowest BCUT2D eigenvalue weighted by Gasteiger charge is -2.23. The van der Waals surface area contributed by atoms with Gasteiger partial charge >= 0.3 is 0 Å². The number of hydrogen-bond donors (Lipinski definition) is 2. The van der Waals surface area contributed by atoms with Gasteiger partial charge in [-0.3, -0.25) is 4.79 Å². The van der Waals surface area contributed by atoms with Crippen molar-refractivity contribution in [2.75, 3.05) is 7.11 Å². The molecule has 0 radical (unpaired) electrons. The Balaban J connectivity index is 0.00000243. The molecule has 1 saturated carbocycles. The molecule has 0 aromatic heterocycles. The highest BCUT2D eigenvalue weighted by atomic mass is 35.5. The van der Waals surface area contributed by atoms with Crippen molar-refractivity contribution < 1.29 is 9.53 Å². The lowest BCUT2D eigenvalue weighted by molar-refractivity contribution is -0.125. The second-order valence-corrected chi connectivity index (χ2v) is 6.92. The Morgan fingerprint density at radius 3 is 2.65 bits per heavy atom. The number of rotatable bonds is 5. The molecule has 1 aliphatic carbocycles. The number of nitrogens with one attached hydrogen (secondary N) is 1. The van der Waals surface area contributed by atoms with Gasteiger partial charge in [0, 0.05) is 17.0 Å². The Morgan fingerprint density at radius 1 is 1.23 bits per heavy atom. The van der Waals surface area contributed by atoms with Crippen molar-refractivity contribution in [2.45, 2.75) is 31.3 Å². The van der Waals surface area contributed by atoms with Crippen LogP contribution < -0.4 is 15.8 Å². The van der Waals surface area contributed by atoms with E-state index in [9.17, 15) is 4.79 Å². The van der Waals surface area contributed by atoms with Gasteiger partial charge in [0.15, 0.2) is 0 Å². The number of carbonyl (C=O) groups excluding carboxylic acids is 1. The average Bonchev–Trinajstić information content (AvgIpc) is 3.07. The van der Waals surface area contributed by atoms with Crippen molar-refractivity contribution in [3.63, 3.8) is 0 Å². The molecule has 3 atom stereocenters. The fourth-order valence-electron chi connectivity index (χ4n) is 3.39. The molecule has 0 aliphatic heterocycles. The van der Waals surface area contributed by atoms with Crippen LogP contribution in [-0.2, 0) is 4.79 Å². The van der Waals surface area contributed by atoms with Crippen LogP contribution in [0.5, 0.6) is 5.75 Å². The van der Waals surface area contributed by atoms with Crippen LogP contribution in [-0.4, -0.2) is 19.1 Å². The average molecular weight is 395 g/mol. The van der Waals surface area contributed by atoms with Crippen molar-refractivity contribution in [1.82, 2.24) is 5.32 Å². The minimum atomic E-state index is -0.326. The Hall–Kier alpha value is -1.75. The number of ether oxygens (including phenoxy) is 1. The highest BCUT2D eigenvalue weighted by molar-refractivity contribution is 6.31. The van der Waals surface area contributed by atoms with E-state index in [1.807, 2.05) is 48.5 Å². The standard InChI is InChI=1S/C20H23ClN2O2.ClH/c1-25-16-6-4-5-13(12-16)19(17-7-2-3-8-18(17)21)23-20(24)14-9-10-15(22)11-14;/h2-8,12,14-15,19H,9-11,22H2,1H3,(H,23,24);1H. The Morgan fingerprint density at radius 2 is 2.00 bits per heavy atom. The Bertz CT molecular complexity index is 754. The summed E-state index contributed by atoms with van der Waals surface area (Å²) in [6.45, 7) is 0. The fraction of sp³-hybridized carbons (Fsp3) is 0.350. The SMILES string of the molecule is COc1cccc(C(NC(=O)C2CCC(N)C2)c2ccccc2Cl)c1.Cl. The lowest BCUT2D eigenvalue weighted by atomic mass is 9.97. The van der Waals surface area contributed by atoms with Crippen molar-refractivity contribution in [1.29, 1.82) is 0 Å². The maximum absolute atomic E-state index is 12.8. The Labute approximate surface area is 165 Å². The number of methoxy groups -OCH3 is 1. The van der Waals surface area contributed by atoms with Gasteiger partial charge in [-0.15, -0.1) is 12.4 Å². The van der Waals surface area contributed by atoms with Crippen LogP contribution in [0.15, 0.2) is 48.5 Å². The molecule has 3 rings (SSSR count). The van der Waals surface area contributed by atoms with E-state index in [1.165, 1.54) is 0 Å². The zero-order chi connectivity index (χ0) is 17.8. The molecule has 1 amide bonds. The molecule has 2 aromatic rings. The van der Waals surface area contributed by atoms with Gasteiger partial charge in [-0.25, -0.2) is 0 Å². The molecule has 140 valence electrons. The summed E-state index contributed by atoms with van der Waals surface area (Å²) in [5.41, 5.74) is 7.76. The summed E-state index contributed by atoms with van der Waals surface area (Å²) in [4.78, 5) is 12.8. The molecule has 0 saturated heterocycles. The number of halogens is 2. The van der Waals surface area contributed by atoms with Gasteiger partial charge in [0.05, 0.1) is 13.2 Å². The lowest BCUT2D eigenvalue weighted by Crippen LogP contribution is -2.34. The van der Waals surface area contributed by atoms with Crippen molar-refractivity contribution in [3.05, 3.63) is 64.7 Å². The van der Waals surface area contributed by atoms with Gasteiger partial charge in [-0.2, -0.15) is 0 Å².